The van der Waals surface area contributed by atoms with Crippen LogP contribution in [-0.4, -0.2) is 23.8 Å². The first-order valence-electron chi connectivity index (χ1n) is 10.1. The van der Waals surface area contributed by atoms with Gasteiger partial charge in [-0.1, -0.05) is 30.3 Å². The molecule has 5 aliphatic rings. The van der Waals surface area contributed by atoms with Gasteiger partial charge in [0.25, 0.3) is 0 Å². The van der Waals surface area contributed by atoms with Crippen molar-refractivity contribution in [3.8, 4) is 0 Å². The SMILES string of the molecule is OC[C@]1(c2ccccc2)C[C@H]1CCNC12CC3CC(CC(C3)C1)C2. The molecule has 1 aromatic rings. The van der Waals surface area contributed by atoms with Crippen molar-refractivity contribution < 1.29 is 5.11 Å². The summed E-state index contributed by atoms with van der Waals surface area (Å²) in [6, 6.07) is 10.7. The van der Waals surface area contributed by atoms with E-state index in [-0.39, 0.29) is 5.41 Å². The monoisotopic (exact) mass is 325 g/mol. The van der Waals surface area contributed by atoms with E-state index in [4.69, 9.17) is 0 Å². The van der Waals surface area contributed by atoms with Crippen molar-refractivity contribution in [2.75, 3.05) is 13.2 Å². The lowest BCUT2D eigenvalue weighted by atomic mass is 9.53. The van der Waals surface area contributed by atoms with Crippen LogP contribution in [0.1, 0.15) is 56.9 Å². The van der Waals surface area contributed by atoms with Crippen molar-refractivity contribution in [2.24, 2.45) is 23.7 Å². The minimum Gasteiger partial charge on any atom is -0.395 e. The molecular formula is C22H31NO. The van der Waals surface area contributed by atoms with Crippen molar-refractivity contribution in [3.05, 3.63) is 35.9 Å². The highest BCUT2D eigenvalue weighted by Crippen LogP contribution is 2.57. The molecule has 5 saturated carbocycles. The maximum Gasteiger partial charge on any atom is 0.0530 e. The Kier molecular flexibility index (Phi) is 3.58. The van der Waals surface area contributed by atoms with Gasteiger partial charge in [-0.15, -0.1) is 0 Å². The molecule has 1 aromatic carbocycles. The van der Waals surface area contributed by atoms with Gasteiger partial charge < -0.3 is 10.4 Å². The number of benzene rings is 1. The molecule has 2 atom stereocenters. The van der Waals surface area contributed by atoms with Crippen LogP contribution < -0.4 is 5.32 Å². The van der Waals surface area contributed by atoms with E-state index in [2.05, 4.69) is 35.6 Å². The summed E-state index contributed by atoms with van der Waals surface area (Å²) in [7, 11) is 0. The molecule has 2 N–H and O–H groups in total. The average molecular weight is 325 g/mol. The van der Waals surface area contributed by atoms with Crippen molar-refractivity contribution in [1.82, 2.24) is 5.32 Å². The Bertz CT molecular complexity index is 562. The van der Waals surface area contributed by atoms with Crippen molar-refractivity contribution in [3.63, 3.8) is 0 Å². The van der Waals surface area contributed by atoms with Gasteiger partial charge in [0.05, 0.1) is 6.61 Å². The van der Waals surface area contributed by atoms with Gasteiger partial charge >= 0.3 is 0 Å². The topological polar surface area (TPSA) is 32.3 Å². The number of aliphatic hydroxyl groups is 1. The summed E-state index contributed by atoms with van der Waals surface area (Å²) in [5.41, 5.74) is 1.88. The molecule has 0 radical (unpaired) electrons. The molecule has 2 nitrogen and oxygen atoms in total. The highest BCUT2D eigenvalue weighted by atomic mass is 16.3. The summed E-state index contributed by atoms with van der Waals surface area (Å²) in [4.78, 5) is 0. The Morgan fingerprint density at radius 1 is 0.917 bits per heavy atom. The summed E-state index contributed by atoms with van der Waals surface area (Å²) in [6.45, 7) is 1.45. The maximum atomic E-state index is 9.99. The van der Waals surface area contributed by atoms with Crippen molar-refractivity contribution >= 4 is 0 Å². The Balaban J connectivity index is 1.19. The molecule has 5 fully saturated rings. The quantitative estimate of drug-likeness (QED) is 0.832. The van der Waals surface area contributed by atoms with E-state index in [0.29, 0.717) is 18.1 Å². The third kappa shape index (κ3) is 2.45. The van der Waals surface area contributed by atoms with Crippen molar-refractivity contribution in [1.29, 1.82) is 0 Å². The third-order valence-electron chi connectivity index (χ3n) is 7.89. The van der Waals surface area contributed by atoms with E-state index < -0.39 is 0 Å². The highest BCUT2D eigenvalue weighted by molar-refractivity contribution is 5.33. The summed E-state index contributed by atoms with van der Waals surface area (Å²) >= 11 is 0. The number of hydrogen-bond donors (Lipinski definition) is 2. The molecule has 6 rings (SSSR count). The summed E-state index contributed by atoms with van der Waals surface area (Å²) in [6.07, 6.45) is 11.3. The van der Waals surface area contributed by atoms with E-state index >= 15 is 0 Å². The van der Waals surface area contributed by atoms with Gasteiger partial charge in [0.2, 0.25) is 0 Å². The summed E-state index contributed by atoms with van der Waals surface area (Å²) in [5.74, 6) is 3.72. The second-order valence-electron chi connectivity index (χ2n) is 9.49. The second kappa shape index (κ2) is 5.57. The Morgan fingerprint density at radius 3 is 2.12 bits per heavy atom. The zero-order valence-corrected chi connectivity index (χ0v) is 14.7. The number of nitrogens with one attached hydrogen (secondary N) is 1. The largest absolute Gasteiger partial charge is 0.395 e. The van der Waals surface area contributed by atoms with E-state index in [1.165, 1.54) is 50.5 Å². The minimum absolute atomic E-state index is 0.0599. The molecule has 2 heteroatoms. The van der Waals surface area contributed by atoms with Gasteiger partial charge in [-0.05, 0) is 87.1 Å². The predicted molar refractivity (Wildman–Crippen MR) is 96.8 cm³/mol. The fourth-order valence-electron chi connectivity index (χ4n) is 7.01. The van der Waals surface area contributed by atoms with Crippen LogP contribution in [0.3, 0.4) is 0 Å². The van der Waals surface area contributed by atoms with E-state index in [1.54, 1.807) is 0 Å². The van der Waals surface area contributed by atoms with Crippen LogP contribution in [0.5, 0.6) is 0 Å². The molecule has 5 aliphatic carbocycles. The molecular weight excluding hydrogens is 294 g/mol. The van der Waals surface area contributed by atoms with Crippen LogP contribution in [0.2, 0.25) is 0 Å². The first-order valence-corrected chi connectivity index (χ1v) is 10.1. The van der Waals surface area contributed by atoms with Crippen LogP contribution >= 0.6 is 0 Å². The summed E-state index contributed by atoms with van der Waals surface area (Å²) < 4.78 is 0. The molecule has 0 aromatic heterocycles. The molecule has 0 spiro atoms. The van der Waals surface area contributed by atoms with Crippen molar-refractivity contribution in [2.45, 2.75) is 62.3 Å². The molecule has 0 amide bonds. The molecule has 0 unspecified atom stereocenters. The van der Waals surface area contributed by atoms with Gasteiger partial charge in [0, 0.05) is 11.0 Å². The zero-order valence-electron chi connectivity index (χ0n) is 14.7. The Hall–Kier alpha value is -0.860. The summed E-state index contributed by atoms with van der Waals surface area (Å²) in [5, 5.41) is 14.0. The van der Waals surface area contributed by atoms with Crippen LogP contribution in [0.4, 0.5) is 0 Å². The third-order valence-corrected chi connectivity index (χ3v) is 7.89. The smallest absolute Gasteiger partial charge is 0.0530 e. The first kappa shape index (κ1) is 15.4. The molecule has 0 heterocycles. The van der Waals surface area contributed by atoms with E-state index in [9.17, 15) is 5.11 Å². The maximum absolute atomic E-state index is 9.99. The van der Waals surface area contributed by atoms with Gasteiger partial charge in [-0.2, -0.15) is 0 Å². The number of aliphatic hydroxyl groups excluding tert-OH is 1. The van der Waals surface area contributed by atoms with E-state index in [0.717, 1.165) is 30.7 Å². The van der Waals surface area contributed by atoms with Gasteiger partial charge in [0.15, 0.2) is 0 Å². The lowest BCUT2D eigenvalue weighted by Crippen LogP contribution is -2.58. The number of rotatable bonds is 6. The van der Waals surface area contributed by atoms with Crippen LogP contribution in [0, 0.1) is 23.7 Å². The molecule has 130 valence electrons. The Morgan fingerprint density at radius 2 is 1.54 bits per heavy atom. The highest BCUT2D eigenvalue weighted by Gasteiger charge is 2.55. The van der Waals surface area contributed by atoms with Crippen LogP contribution in [-0.2, 0) is 5.41 Å². The van der Waals surface area contributed by atoms with Gasteiger partial charge in [-0.3, -0.25) is 0 Å². The Labute approximate surface area is 146 Å². The van der Waals surface area contributed by atoms with E-state index in [1.807, 2.05) is 0 Å². The first-order chi connectivity index (χ1) is 11.7. The lowest BCUT2D eigenvalue weighted by molar-refractivity contribution is -0.0197. The predicted octanol–water partition coefficient (Wildman–Crippen LogP) is 3.89. The normalized spacial score (nSPS) is 45.5. The fourth-order valence-corrected chi connectivity index (χ4v) is 7.01. The lowest BCUT2D eigenvalue weighted by Gasteiger charge is -2.57. The van der Waals surface area contributed by atoms with Gasteiger partial charge in [-0.25, -0.2) is 0 Å². The fraction of sp³-hybridized carbons (Fsp3) is 0.727. The molecule has 24 heavy (non-hydrogen) atoms. The minimum atomic E-state index is 0.0599. The molecule has 0 saturated heterocycles. The number of hydrogen-bond acceptors (Lipinski definition) is 2. The standard InChI is InChI=1S/C22H31NO/c24-15-22(19-4-2-1-3-5-19)14-20(22)6-7-23-21-11-16-8-17(12-21)10-18(9-16)13-21/h1-5,16-18,20,23-24H,6-15H2/t16?,17?,18?,20-,21?,22+/m1/s1. The molecule has 4 bridgehead atoms. The van der Waals surface area contributed by atoms with Gasteiger partial charge in [0.1, 0.15) is 0 Å². The zero-order chi connectivity index (χ0) is 16.2. The van der Waals surface area contributed by atoms with Crippen LogP contribution in [0.15, 0.2) is 30.3 Å². The van der Waals surface area contributed by atoms with Crippen LogP contribution in [0.25, 0.3) is 0 Å². The average Bonchev–Trinajstić information content (AvgIpc) is 3.29. The second-order valence-corrected chi connectivity index (χ2v) is 9.49. The molecule has 0 aliphatic heterocycles.